The van der Waals surface area contributed by atoms with Crippen LogP contribution in [0, 0.1) is 17.3 Å². The minimum Gasteiger partial charge on any atom is -0.466 e. The van der Waals surface area contributed by atoms with Crippen LogP contribution < -0.4 is 5.73 Å². The van der Waals surface area contributed by atoms with E-state index in [2.05, 4.69) is 25.7 Å². The first kappa shape index (κ1) is 23.6. The average Bonchev–Trinajstić information content (AvgIpc) is 3.08. The van der Waals surface area contributed by atoms with Crippen LogP contribution in [-0.2, 0) is 19.1 Å². The van der Waals surface area contributed by atoms with Crippen molar-refractivity contribution in [1.82, 2.24) is 9.80 Å². The van der Waals surface area contributed by atoms with E-state index < -0.39 is 0 Å². The number of primary amides is 1. The molecule has 0 saturated carbocycles. The van der Waals surface area contributed by atoms with Gasteiger partial charge in [-0.05, 0) is 62.9 Å². The van der Waals surface area contributed by atoms with Gasteiger partial charge in [-0.2, -0.15) is 0 Å². The average molecular weight is 410 g/mol. The Balaban J connectivity index is 2.01. The summed E-state index contributed by atoms with van der Waals surface area (Å²) in [4.78, 5) is 40.7. The lowest BCUT2D eigenvalue weighted by molar-refractivity contribution is -0.145. The third-order valence-corrected chi connectivity index (χ3v) is 6.14. The van der Waals surface area contributed by atoms with Crippen molar-refractivity contribution in [3.05, 3.63) is 0 Å². The van der Waals surface area contributed by atoms with Gasteiger partial charge in [0.25, 0.3) is 0 Å². The van der Waals surface area contributed by atoms with Gasteiger partial charge in [0.15, 0.2) is 0 Å². The standard InChI is InChI=1S/C22H39N3O4/c1-5-29-20(27)13-16-8-12-25(19(26)14-22(2,3)4)15-17(16)9-11-24-10-6-7-18(24)21(23)28/h16-18H,5-15H2,1-4H3,(H2,23,28)/t16-,17-,18-/m0/s1. The number of esters is 1. The van der Waals surface area contributed by atoms with Crippen LogP contribution in [0.3, 0.4) is 0 Å². The van der Waals surface area contributed by atoms with Crippen molar-refractivity contribution in [1.29, 1.82) is 0 Å². The first-order chi connectivity index (χ1) is 13.6. The first-order valence-electron chi connectivity index (χ1n) is 11.1. The first-order valence-corrected chi connectivity index (χ1v) is 11.1. The highest BCUT2D eigenvalue weighted by molar-refractivity contribution is 5.80. The second kappa shape index (κ2) is 10.4. The van der Waals surface area contributed by atoms with Gasteiger partial charge < -0.3 is 15.4 Å². The number of carbonyl (C=O) groups excluding carboxylic acids is 3. The van der Waals surface area contributed by atoms with Crippen LogP contribution in [0.4, 0.5) is 0 Å². The lowest BCUT2D eigenvalue weighted by Gasteiger charge is -2.40. The molecule has 2 amide bonds. The third kappa shape index (κ3) is 7.28. The van der Waals surface area contributed by atoms with E-state index in [1.54, 1.807) is 0 Å². The number of likely N-dealkylation sites (tertiary alicyclic amines) is 2. The van der Waals surface area contributed by atoms with Gasteiger partial charge in [0.2, 0.25) is 11.8 Å². The monoisotopic (exact) mass is 409 g/mol. The number of nitrogens with two attached hydrogens (primary N) is 1. The highest BCUT2D eigenvalue weighted by atomic mass is 16.5. The summed E-state index contributed by atoms with van der Waals surface area (Å²) in [7, 11) is 0. The highest BCUT2D eigenvalue weighted by Crippen LogP contribution is 2.32. The minimum atomic E-state index is -0.254. The number of nitrogens with zero attached hydrogens (tertiary/aromatic N) is 2. The fourth-order valence-corrected chi connectivity index (χ4v) is 4.65. The molecule has 7 nitrogen and oxygen atoms in total. The molecule has 0 aliphatic carbocycles. The van der Waals surface area contributed by atoms with Gasteiger partial charge in [-0.1, -0.05) is 20.8 Å². The minimum absolute atomic E-state index is 0.0430. The molecule has 2 rings (SSSR count). The normalized spacial score (nSPS) is 25.8. The molecule has 2 saturated heterocycles. The van der Waals surface area contributed by atoms with Crippen LogP contribution in [0.25, 0.3) is 0 Å². The van der Waals surface area contributed by atoms with Crippen LogP contribution in [0.15, 0.2) is 0 Å². The van der Waals surface area contributed by atoms with Gasteiger partial charge in [0.1, 0.15) is 0 Å². The Kier molecular flexibility index (Phi) is 8.49. The summed E-state index contributed by atoms with van der Waals surface area (Å²) < 4.78 is 5.17. The Morgan fingerprint density at radius 1 is 1.10 bits per heavy atom. The maximum Gasteiger partial charge on any atom is 0.306 e. The molecule has 0 radical (unpaired) electrons. The molecule has 0 aromatic heterocycles. The molecule has 0 unspecified atom stereocenters. The summed E-state index contributed by atoms with van der Waals surface area (Å²) in [5.41, 5.74) is 5.51. The molecule has 29 heavy (non-hydrogen) atoms. The zero-order valence-electron chi connectivity index (χ0n) is 18.6. The van der Waals surface area contributed by atoms with E-state index in [0.717, 1.165) is 38.8 Å². The van der Waals surface area contributed by atoms with E-state index in [1.165, 1.54) is 0 Å². The molecule has 2 aliphatic rings. The van der Waals surface area contributed by atoms with Crippen LogP contribution in [0.5, 0.6) is 0 Å². The second-order valence-corrected chi connectivity index (χ2v) is 9.78. The number of carbonyl (C=O) groups is 3. The van der Waals surface area contributed by atoms with Gasteiger partial charge in [-0.3, -0.25) is 19.3 Å². The Bertz CT molecular complexity index is 587. The number of hydrogen-bond donors (Lipinski definition) is 1. The van der Waals surface area contributed by atoms with E-state index >= 15 is 0 Å². The molecule has 0 spiro atoms. The topological polar surface area (TPSA) is 92.9 Å². The van der Waals surface area contributed by atoms with Crippen LogP contribution in [-0.4, -0.2) is 66.4 Å². The number of amides is 2. The molecule has 0 aromatic carbocycles. The smallest absolute Gasteiger partial charge is 0.306 e. The van der Waals surface area contributed by atoms with Crippen molar-refractivity contribution in [2.75, 3.05) is 32.8 Å². The second-order valence-electron chi connectivity index (χ2n) is 9.78. The molecule has 0 aromatic rings. The quantitative estimate of drug-likeness (QED) is 0.620. The van der Waals surface area contributed by atoms with E-state index in [0.29, 0.717) is 32.5 Å². The van der Waals surface area contributed by atoms with E-state index in [1.807, 2.05) is 11.8 Å². The Morgan fingerprint density at radius 2 is 1.83 bits per heavy atom. The van der Waals surface area contributed by atoms with Crippen LogP contribution in [0.1, 0.15) is 66.2 Å². The van der Waals surface area contributed by atoms with Crippen molar-refractivity contribution >= 4 is 17.8 Å². The molecule has 166 valence electrons. The van der Waals surface area contributed by atoms with E-state index in [9.17, 15) is 14.4 Å². The molecule has 7 heteroatoms. The summed E-state index contributed by atoms with van der Waals surface area (Å²) in [6.07, 6.45) is 4.41. The molecular formula is C22H39N3O4. The predicted octanol–water partition coefficient (Wildman–Crippen LogP) is 2.18. The molecule has 2 fully saturated rings. The number of piperidine rings is 1. The maximum absolute atomic E-state index is 12.8. The maximum atomic E-state index is 12.8. The molecule has 3 atom stereocenters. The third-order valence-electron chi connectivity index (χ3n) is 6.14. The zero-order valence-corrected chi connectivity index (χ0v) is 18.6. The highest BCUT2D eigenvalue weighted by Gasteiger charge is 2.35. The Labute approximate surface area is 175 Å². The lowest BCUT2D eigenvalue weighted by Crippen LogP contribution is -2.47. The summed E-state index contributed by atoms with van der Waals surface area (Å²) in [5, 5.41) is 0. The molecular weight excluding hydrogens is 370 g/mol. The van der Waals surface area contributed by atoms with Crippen molar-refractivity contribution < 1.29 is 19.1 Å². The lowest BCUT2D eigenvalue weighted by atomic mass is 9.80. The van der Waals surface area contributed by atoms with Crippen LogP contribution in [0.2, 0.25) is 0 Å². The van der Waals surface area contributed by atoms with E-state index in [-0.39, 0.29) is 41.1 Å². The Hall–Kier alpha value is -1.63. The number of ether oxygens (including phenoxy) is 1. The summed E-state index contributed by atoms with van der Waals surface area (Å²) in [6.45, 7) is 11.5. The summed E-state index contributed by atoms with van der Waals surface area (Å²) in [5.74, 6) is 0.214. The van der Waals surface area contributed by atoms with Gasteiger partial charge in [-0.15, -0.1) is 0 Å². The zero-order chi connectivity index (χ0) is 21.6. The predicted molar refractivity (Wildman–Crippen MR) is 112 cm³/mol. The summed E-state index contributed by atoms with van der Waals surface area (Å²) in [6, 6.07) is -0.180. The van der Waals surface area contributed by atoms with Crippen molar-refractivity contribution in [3.63, 3.8) is 0 Å². The van der Waals surface area contributed by atoms with Gasteiger partial charge >= 0.3 is 5.97 Å². The molecule has 2 aliphatic heterocycles. The number of hydrogen-bond acceptors (Lipinski definition) is 5. The molecule has 2 heterocycles. The van der Waals surface area contributed by atoms with Crippen molar-refractivity contribution in [2.45, 2.75) is 72.3 Å². The fraction of sp³-hybridized carbons (Fsp3) is 0.864. The SMILES string of the molecule is CCOC(=O)C[C@@H]1CCN(C(=O)CC(C)(C)C)C[C@@H]1CCN1CCC[C@H]1C(N)=O. The van der Waals surface area contributed by atoms with E-state index in [4.69, 9.17) is 10.5 Å². The largest absolute Gasteiger partial charge is 0.466 e. The van der Waals surface area contributed by atoms with Gasteiger partial charge in [-0.25, -0.2) is 0 Å². The summed E-state index contributed by atoms with van der Waals surface area (Å²) >= 11 is 0. The van der Waals surface area contributed by atoms with Gasteiger partial charge in [0, 0.05) is 25.9 Å². The van der Waals surface area contributed by atoms with Crippen LogP contribution >= 0.6 is 0 Å². The molecule has 0 bridgehead atoms. The van der Waals surface area contributed by atoms with Crippen molar-refractivity contribution in [3.8, 4) is 0 Å². The Morgan fingerprint density at radius 3 is 2.45 bits per heavy atom. The number of rotatable bonds is 8. The van der Waals surface area contributed by atoms with Gasteiger partial charge in [0.05, 0.1) is 12.6 Å². The fourth-order valence-electron chi connectivity index (χ4n) is 4.65. The van der Waals surface area contributed by atoms with Crippen molar-refractivity contribution in [2.24, 2.45) is 23.0 Å². The molecule has 2 N–H and O–H groups in total.